The van der Waals surface area contributed by atoms with E-state index in [1.54, 1.807) is 0 Å². The van der Waals surface area contributed by atoms with Gasteiger partial charge in [0.05, 0.1) is 0 Å². The number of aliphatic hydroxyl groups is 1. The lowest BCUT2D eigenvalue weighted by Crippen LogP contribution is -2.41. The van der Waals surface area contributed by atoms with Crippen molar-refractivity contribution in [2.45, 2.75) is 40.2 Å². The molecule has 1 aromatic carbocycles. The van der Waals surface area contributed by atoms with Crippen molar-refractivity contribution in [1.29, 1.82) is 0 Å². The maximum Gasteiger partial charge on any atom is 0.247 e. The Morgan fingerprint density at radius 1 is 1.28 bits per heavy atom. The number of hydrogen-bond donors (Lipinski definition) is 2. The summed E-state index contributed by atoms with van der Waals surface area (Å²) < 4.78 is 0. The van der Waals surface area contributed by atoms with Crippen LogP contribution in [0.3, 0.4) is 0 Å². The topological polar surface area (TPSA) is 92.9 Å². The number of carbonyl (C=O) groups excluding carboxylic acids is 1. The molecular weight excluding hydrogens is 318 g/mol. The van der Waals surface area contributed by atoms with Crippen molar-refractivity contribution in [1.82, 2.24) is 25.5 Å². The number of benzene rings is 1. The van der Waals surface area contributed by atoms with E-state index in [0.717, 1.165) is 5.56 Å². The Bertz CT molecular complexity index is 682. The van der Waals surface area contributed by atoms with Crippen LogP contribution in [0.4, 0.5) is 0 Å². The predicted octanol–water partition coefficient (Wildman–Crippen LogP) is 2.06. The predicted molar refractivity (Wildman–Crippen MR) is 95.6 cm³/mol. The molecule has 0 aliphatic heterocycles. The van der Waals surface area contributed by atoms with Gasteiger partial charge in [-0.05, 0) is 23.0 Å². The summed E-state index contributed by atoms with van der Waals surface area (Å²) in [7, 11) is 0. The molecule has 0 fully saturated rings. The summed E-state index contributed by atoms with van der Waals surface area (Å²) in [5.41, 5.74) is 0.692. The zero-order chi connectivity index (χ0) is 18.4. The monoisotopic (exact) mass is 345 g/mol. The molecule has 1 unspecified atom stereocenters. The van der Waals surface area contributed by atoms with Crippen LogP contribution in [-0.4, -0.2) is 44.4 Å². The van der Waals surface area contributed by atoms with Gasteiger partial charge in [-0.25, -0.2) is 0 Å². The molecule has 0 radical (unpaired) electrons. The number of amides is 1. The summed E-state index contributed by atoms with van der Waals surface area (Å²) in [5.74, 6) is 0.372. The Morgan fingerprint density at radius 2 is 1.96 bits per heavy atom. The number of rotatable bonds is 8. The normalized spacial score (nSPS) is 13.0. The van der Waals surface area contributed by atoms with Crippen LogP contribution in [0.2, 0.25) is 0 Å². The molecular formula is C18H27N5O2. The fourth-order valence-corrected chi connectivity index (χ4v) is 2.54. The summed E-state index contributed by atoms with van der Waals surface area (Å²) in [6.45, 7) is 8.50. The van der Waals surface area contributed by atoms with Crippen molar-refractivity contribution in [2.24, 2.45) is 11.3 Å². The molecule has 2 N–H and O–H groups in total. The maximum absolute atomic E-state index is 12.7. The van der Waals surface area contributed by atoms with Gasteiger partial charge in [0.25, 0.3) is 0 Å². The van der Waals surface area contributed by atoms with E-state index < -0.39 is 6.04 Å². The minimum absolute atomic E-state index is 0.0128. The molecule has 0 aliphatic carbocycles. The van der Waals surface area contributed by atoms with E-state index >= 15 is 0 Å². The number of aliphatic hydroxyl groups excluding tert-OH is 1. The summed E-state index contributed by atoms with van der Waals surface area (Å²) in [6.07, 6.45) is 0.624. The van der Waals surface area contributed by atoms with E-state index in [4.69, 9.17) is 5.11 Å². The minimum Gasteiger partial charge on any atom is -0.396 e. The Kier molecular flexibility index (Phi) is 6.25. The van der Waals surface area contributed by atoms with Crippen LogP contribution in [0.15, 0.2) is 30.3 Å². The molecule has 25 heavy (non-hydrogen) atoms. The number of aromatic nitrogens is 4. The van der Waals surface area contributed by atoms with Crippen molar-refractivity contribution < 1.29 is 9.90 Å². The highest BCUT2D eigenvalue weighted by atomic mass is 16.3. The zero-order valence-electron chi connectivity index (χ0n) is 15.3. The van der Waals surface area contributed by atoms with Crippen LogP contribution in [-0.2, 0) is 4.79 Å². The number of hydrogen-bond acceptors (Lipinski definition) is 5. The van der Waals surface area contributed by atoms with E-state index in [9.17, 15) is 4.79 Å². The summed E-state index contributed by atoms with van der Waals surface area (Å²) >= 11 is 0. The third-order valence-corrected chi connectivity index (χ3v) is 4.14. The van der Waals surface area contributed by atoms with Gasteiger partial charge < -0.3 is 10.4 Å². The van der Waals surface area contributed by atoms with Gasteiger partial charge in [0.2, 0.25) is 11.7 Å². The Morgan fingerprint density at radius 3 is 2.56 bits per heavy atom. The molecule has 1 aromatic heterocycles. The van der Waals surface area contributed by atoms with Crippen molar-refractivity contribution >= 4 is 5.91 Å². The molecule has 1 heterocycles. The van der Waals surface area contributed by atoms with E-state index in [1.165, 1.54) is 4.80 Å². The molecule has 7 heteroatoms. The van der Waals surface area contributed by atoms with Crippen LogP contribution < -0.4 is 5.32 Å². The fraction of sp³-hybridized carbons (Fsp3) is 0.556. The molecule has 0 saturated heterocycles. The van der Waals surface area contributed by atoms with Crippen molar-refractivity contribution in [3.8, 4) is 11.4 Å². The Balaban J connectivity index is 2.13. The highest BCUT2D eigenvalue weighted by Gasteiger charge is 2.28. The first kappa shape index (κ1) is 19.1. The second kappa shape index (κ2) is 8.20. The Labute approximate surface area is 148 Å². The van der Waals surface area contributed by atoms with Crippen LogP contribution in [0.1, 0.15) is 40.2 Å². The van der Waals surface area contributed by atoms with Gasteiger partial charge in [0, 0.05) is 18.7 Å². The summed E-state index contributed by atoms with van der Waals surface area (Å²) in [4.78, 5) is 14.1. The van der Waals surface area contributed by atoms with Crippen LogP contribution in [0.5, 0.6) is 0 Å². The summed E-state index contributed by atoms with van der Waals surface area (Å²) in [6, 6.07) is 9.02. The van der Waals surface area contributed by atoms with Crippen molar-refractivity contribution in [3.05, 3.63) is 30.3 Å². The van der Waals surface area contributed by atoms with Gasteiger partial charge in [-0.3, -0.25) is 4.79 Å². The third-order valence-electron chi connectivity index (χ3n) is 4.14. The summed E-state index contributed by atoms with van der Waals surface area (Å²) in [5, 5.41) is 24.6. The lowest BCUT2D eigenvalue weighted by molar-refractivity contribution is -0.126. The van der Waals surface area contributed by atoms with Gasteiger partial charge >= 0.3 is 0 Å². The first-order valence-corrected chi connectivity index (χ1v) is 8.57. The maximum atomic E-state index is 12.7. The molecule has 1 amide bonds. The molecule has 0 saturated carbocycles. The number of tetrazole rings is 1. The van der Waals surface area contributed by atoms with Crippen molar-refractivity contribution in [2.75, 3.05) is 13.2 Å². The van der Waals surface area contributed by atoms with Crippen molar-refractivity contribution in [3.63, 3.8) is 0 Å². The molecule has 0 bridgehead atoms. The first-order chi connectivity index (χ1) is 11.8. The largest absolute Gasteiger partial charge is 0.396 e. The SMILES string of the molecule is CC(C)C(C(=O)NCC(C)(C)CCO)n1nnc(-c2ccccc2)n1. The van der Waals surface area contributed by atoms with Crippen LogP contribution in [0, 0.1) is 11.3 Å². The van der Waals surface area contributed by atoms with E-state index in [0.29, 0.717) is 18.8 Å². The second-order valence-corrected chi connectivity index (χ2v) is 7.34. The molecule has 0 aliphatic rings. The Hall–Kier alpha value is -2.28. The van der Waals surface area contributed by atoms with Gasteiger partial charge in [-0.2, -0.15) is 4.80 Å². The van der Waals surface area contributed by atoms with E-state index in [2.05, 4.69) is 20.7 Å². The first-order valence-electron chi connectivity index (χ1n) is 8.57. The molecule has 2 rings (SSSR count). The molecule has 7 nitrogen and oxygen atoms in total. The smallest absolute Gasteiger partial charge is 0.247 e. The molecule has 136 valence electrons. The fourth-order valence-electron chi connectivity index (χ4n) is 2.54. The van der Waals surface area contributed by atoms with Crippen LogP contribution in [0.25, 0.3) is 11.4 Å². The number of nitrogens with zero attached hydrogens (tertiary/aromatic N) is 4. The number of carbonyl (C=O) groups is 1. The van der Waals surface area contributed by atoms with Gasteiger partial charge in [-0.15, -0.1) is 10.2 Å². The lowest BCUT2D eigenvalue weighted by Gasteiger charge is -2.26. The standard InChI is InChI=1S/C18H27N5O2/c1-13(2)15(17(25)19-12-18(3,4)10-11-24)23-21-16(20-22-23)14-8-6-5-7-9-14/h5-9,13,15,24H,10-12H2,1-4H3,(H,19,25). The second-order valence-electron chi connectivity index (χ2n) is 7.34. The lowest BCUT2D eigenvalue weighted by atomic mass is 9.89. The van der Waals surface area contributed by atoms with E-state index in [1.807, 2.05) is 58.0 Å². The highest BCUT2D eigenvalue weighted by molar-refractivity contribution is 5.80. The average molecular weight is 345 g/mol. The minimum atomic E-state index is -0.533. The van der Waals surface area contributed by atoms with Crippen LogP contribution >= 0.6 is 0 Å². The van der Waals surface area contributed by atoms with Gasteiger partial charge in [0.1, 0.15) is 0 Å². The molecule has 2 aromatic rings. The number of nitrogens with one attached hydrogen (secondary N) is 1. The highest BCUT2D eigenvalue weighted by Crippen LogP contribution is 2.21. The third kappa shape index (κ3) is 5.09. The van der Waals surface area contributed by atoms with Gasteiger partial charge in [0.15, 0.2) is 6.04 Å². The van der Waals surface area contributed by atoms with Gasteiger partial charge in [-0.1, -0.05) is 58.0 Å². The zero-order valence-corrected chi connectivity index (χ0v) is 15.3. The van der Waals surface area contributed by atoms with E-state index in [-0.39, 0.29) is 23.8 Å². The molecule has 1 atom stereocenters. The quantitative estimate of drug-likeness (QED) is 0.764. The average Bonchev–Trinajstić information content (AvgIpc) is 3.03. The molecule has 0 spiro atoms.